The number of piperidine rings is 1. The monoisotopic (exact) mass is 275 g/mol. The lowest BCUT2D eigenvalue weighted by atomic mass is 10.0. The number of carbonyl (C=O) groups is 1. The summed E-state index contributed by atoms with van der Waals surface area (Å²) in [5, 5.41) is 3.19. The van der Waals surface area contributed by atoms with Crippen molar-refractivity contribution in [2.45, 2.75) is 12.8 Å². The highest BCUT2D eigenvalue weighted by atomic mass is 16.6. The van der Waals surface area contributed by atoms with E-state index in [0.717, 1.165) is 25.9 Å². The third-order valence-electron chi connectivity index (χ3n) is 2.91. The third kappa shape index (κ3) is 8.15. The molecule has 19 heavy (non-hydrogen) atoms. The molecule has 0 amide bonds. The van der Waals surface area contributed by atoms with E-state index >= 15 is 0 Å². The first-order chi connectivity index (χ1) is 9.34. The second kappa shape index (κ2) is 11.2. The molecule has 0 aromatic carbocycles. The number of hydrogen-bond donors (Lipinski definition) is 1. The molecule has 1 aliphatic heterocycles. The van der Waals surface area contributed by atoms with Gasteiger partial charge in [-0.05, 0) is 19.4 Å². The molecule has 0 radical (unpaired) electrons. The van der Waals surface area contributed by atoms with Crippen molar-refractivity contribution in [3.8, 4) is 0 Å². The summed E-state index contributed by atoms with van der Waals surface area (Å²) in [7, 11) is 1.63. The molecule has 0 bridgehead atoms. The van der Waals surface area contributed by atoms with Gasteiger partial charge in [0.25, 0.3) is 0 Å². The molecule has 0 spiro atoms. The first-order valence-corrected chi connectivity index (χ1v) is 6.86. The van der Waals surface area contributed by atoms with E-state index in [-0.39, 0.29) is 11.9 Å². The number of nitrogens with one attached hydrogen (secondary N) is 1. The van der Waals surface area contributed by atoms with Crippen LogP contribution in [0.25, 0.3) is 0 Å². The van der Waals surface area contributed by atoms with Gasteiger partial charge in [-0.1, -0.05) is 0 Å². The lowest BCUT2D eigenvalue weighted by Gasteiger charge is -2.21. The van der Waals surface area contributed by atoms with Crippen LogP contribution in [-0.2, 0) is 23.7 Å². The largest absolute Gasteiger partial charge is 0.463 e. The Balaban J connectivity index is 1.86. The zero-order chi connectivity index (χ0) is 13.8. The van der Waals surface area contributed by atoms with Crippen LogP contribution in [0.1, 0.15) is 12.8 Å². The minimum absolute atomic E-state index is 0.00567. The van der Waals surface area contributed by atoms with Crippen molar-refractivity contribution >= 4 is 5.97 Å². The van der Waals surface area contributed by atoms with Crippen LogP contribution >= 0.6 is 0 Å². The van der Waals surface area contributed by atoms with Gasteiger partial charge in [-0.15, -0.1) is 0 Å². The van der Waals surface area contributed by atoms with Gasteiger partial charge in [0, 0.05) is 13.7 Å². The normalized spacial score (nSPS) is 19.3. The molecule has 1 N–H and O–H groups in total. The first-order valence-electron chi connectivity index (χ1n) is 6.86. The van der Waals surface area contributed by atoms with Gasteiger partial charge >= 0.3 is 5.97 Å². The smallest absolute Gasteiger partial charge is 0.310 e. The minimum atomic E-state index is -0.118. The molecule has 1 aliphatic rings. The van der Waals surface area contributed by atoms with Gasteiger partial charge in [0.15, 0.2) is 0 Å². The predicted octanol–water partition coefficient (Wildman–Crippen LogP) is 0.209. The molecule has 6 heteroatoms. The molecule has 112 valence electrons. The summed E-state index contributed by atoms with van der Waals surface area (Å²) in [5.41, 5.74) is 0. The minimum Gasteiger partial charge on any atom is -0.463 e. The van der Waals surface area contributed by atoms with E-state index < -0.39 is 0 Å². The Morgan fingerprint density at radius 2 is 1.79 bits per heavy atom. The number of ether oxygens (including phenoxy) is 4. The Bertz CT molecular complexity index is 231. The van der Waals surface area contributed by atoms with Crippen molar-refractivity contribution in [1.82, 2.24) is 5.32 Å². The summed E-state index contributed by atoms with van der Waals surface area (Å²) < 4.78 is 20.5. The average molecular weight is 275 g/mol. The van der Waals surface area contributed by atoms with Crippen LogP contribution in [0.2, 0.25) is 0 Å². The van der Waals surface area contributed by atoms with Gasteiger partial charge in [-0.3, -0.25) is 4.79 Å². The fourth-order valence-electron chi connectivity index (χ4n) is 1.84. The summed E-state index contributed by atoms with van der Waals surface area (Å²) >= 11 is 0. The first kappa shape index (κ1) is 16.4. The highest BCUT2D eigenvalue weighted by Gasteiger charge is 2.21. The highest BCUT2D eigenvalue weighted by molar-refractivity contribution is 5.72. The van der Waals surface area contributed by atoms with E-state index in [2.05, 4.69) is 5.32 Å². The van der Waals surface area contributed by atoms with Crippen LogP contribution in [-0.4, -0.2) is 65.8 Å². The molecule has 6 nitrogen and oxygen atoms in total. The molecule has 0 aliphatic carbocycles. The van der Waals surface area contributed by atoms with E-state index in [9.17, 15) is 4.79 Å². The van der Waals surface area contributed by atoms with E-state index in [1.165, 1.54) is 0 Å². The molecule has 1 unspecified atom stereocenters. The predicted molar refractivity (Wildman–Crippen MR) is 70.1 cm³/mol. The number of hydrogen-bond acceptors (Lipinski definition) is 6. The van der Waals surface area contributed by atoms with Crippen molar-refractivity contribution in [1.29, 1.82) is 0 Å². The molecule has 1 heterocycles. The van der Waals surface area contributed by atoms with Crippen molar-refractivity contribution in [3.05, 3.63) is 0 Å². The van der Waals surface area contributed by atoms with Crippen LogP contribution in [0.3, 0.4) is 0 Å². The number of rotatable bonds is 10. The molecule has 1 fully saturated rings. The lowest BCUT2D eigenvalue weighted by molar-refractivity contribution is -0.150. The maximum atomic E-state index is 11.6. The van der Waals surface area contributed by atoms with Crippen LogP contribution in [0.5, 0.6) is 0 Å². The molecule has 0 saturated carbocycles. The van der Waals surface area contributed by atoms with Crippen LogP contribution in [0.15, 0.2) is 0 Å². The Kier molecular flexibility index (Phi) is 9.61. The quantitative estimate of drug-likeness (QED) is 0.454. The van der Waals surface area contributed by atoms with Crippen LogP contribution in [0, 0.1) is 5.92 Å². The Labute approximate surface area is 114 Å². The van der Waals surface area contributed by atoms with Crippen LogP contribution < -0.4 is 5.32 Å². The summed E-state index contributed by atoms with van der Waals surface area (Å²) in [6, 6.07) is 0. The molecule has 0 aromatic rings. The van der Waals surface area contributed by atoms with E-state index in [1.54, 1.807) is 7.11 Å². The van der Waals surface area contributed by atoms with Gasteiger partial charge in [0.1, 0.15) is 6.61 Å². The lowest BCUT2D eigenvalue weighted by Crippen LogP contribution is -2.35. The van der Waals surface area contributed by atoms with Crippen molar-refractivity contribution in [3.63, 3.8) is 0 Å². The third-order valence-corrected chi connectivity index (χ3v) is 2.91. The highest BCUT2D eigenvalue weighted by Crippen LogP contribution is 2.11. The Hall–Kier alpha value is -0.690. The molecule has 1 rings (SSSR count). The number of esters is 1. The van der Waals surface area contributed by atoms with Gasteiger partial charge in [0.05, 0.1) is 39.0 Å². The van der Waals surface area contributed by atoms with E-state index in [1.807, 2.05) is 0 Å². The fraction of sp³-hybridized carbons (Fsp3) is 0.923. The summed E-state index contributed by atoms with van der Waals surface area (Å²) in [4.78, 5) is 11.6. The van der Waals surface area contributed by atoms with Gasteiger partial charge in [-0.25, -0.2) is 0 Å². The SMILES string of the molecule is COCCOCCOCCOC(=O)C1CCCNC1. The van der Waals surface area contributed by atoms with E-state index in [4.69, 9.17) is 18.9 Å². The summed E-state index contributed by atoms with van der Waals surface area (Å²) in [5.74, 6) is -0.113. The second-order valence-corrected chi connectivity index (χ2v) is 4.43. The van der Waals surface area contributed by atoms with Crippen molar-refractivity contribution < 1.29 is 23.7 Å². The zero-order valence-corrected chi connectivity index (χ0v) is 11.7. The van der Waals surface area contributed by atoms with Gasteiger partial charge in [0.2, 0.25) is 0 Å². The number of methoxy groups -OCH3 is 1. The van der Waals surface area contributed by atoms with Gasteiger partial charge in [-0.2, -0.15) is 0 Å². The standard InChI is InChI=1S/C13H25NO5/c1-16-5-6-17-7-8-18-9-10-19-13(15)12-3-2-4-14-11-12/h12,14H,2-11H2,1H3. The second-order valence-electron chi connectivity index (χ2n) is 4.43. The molecule has 1 atom stereocenters. The topological polar surface area (TPSA) is 66.0 Å². The van der Waals surface area contributed by atoms with Gasteiger partial charge < -0.3 is 24.3 Å². The van der Waals surface area contributed by atoms with Crippen molar-refractivity contribution in [2.24, 2.45) is 5.92 Å². The average Bonchev–Trinajstić information content (AvgIpc) is 2.46. The molecule has 1 saturated heterocycles. The maximum Gasteiger partial charge on any atom is 0.310 e. The van der Waals surface area contributed by atoms with Crippen LogP contribution in [0.4, 0.5) is 0 Å². The molecular formula is C13H25NO5. The molecular weight excluding hydrogens is 250 g/mol. The summed E-state index contributed by atoms with van der Waals surface area (Å²) in [6.45, 7) is 4.66. The zero-order valence-electron chi connectivity index (χ0n) is 11.7. The maximum absolute atomic E-state index is 11.6. The number of carbonyl (C=O) groups excluding carboxylic acids is 1. The van der Waals surface area contributed by atoms with E-state index in [0.29, 0.717) is 39.6 Å². The fourth-order valence-corrected chi connectivity index (χ4v) is 1.84. The van der Waals surface area contributed by atoms with Crippen molar-refractivity contribution in [2.75, 3.05) is 59.8 Å². The Morgan fingerprint density at radius 3 is 2.42 bits per heavy atom. The summed E-state index contributed by atoms with van der Waals surface area (Å²) in [6.07, 6.45) is 1.95. The Morgan fingerprint density at radius 1 is 1.11 bits per heavy atom. The molecule has 0 aromatic heterocycles.